The number of ether oxygens (including phenoxy) is 1. The molecule has 106 valence electrons. The van der Waals surface area contributed by atoms with Crippen LogP contribution in [0.3, 0.4) is 0 Å². The van der Waals surface area contributed by atoms with Crippen LogP contribution in [-0.4, -0.2) is 27.8 Å². The van der Waals surface area contributed by atoms with Gasteiger partial charge in [0, 0.05) is 13.2 Å². The summed E-state index contributed by atoms with van der Waals surface area (Å²) in [5, 5.41) is 0. The molecule has 1 fully saturated rings. The van der Waals surface area contributed by atoms with Crippen molar-refractivity contribution >= 4 is 21.8 Å². The first-order chi connectivity index (χ1) is 10.1. The summed E-state index contributed by atoms with van der Waals surface area (Å²) in [6, 6.07) is 5.75. The van der Waals surface area contributed by atoms with Crippen LogP contribution in [0.15, 0.2) is 35.2 Å². The topological polar surface area (TPSA) is 55.3 Å². The number of aromatic nitrogens is 2. The molecule has 1 spiro atoms. The zero-order chi connectivity index (χ0) is 14.6. The Kier molecular flexibility index (Phi) is 2.60. The van der Waals surface area contributed by atoms with E-state index in [1.54, 1.807) is 12.3 Å². The fourth-order valence-electron chi connectivity index (χ4n) is 2.97. The predicted molar refractivity (Wildman–Crippen MR) is 79.3 cm³/mol. The van der Waals surface area contributed by atoms with Crippen molar-refractivity contribution in [3.63, 3.8) is 0 Å². The van der Waals surface area contributed by atoms with Crippen LogP contribution in [0.1, 0.15) is 28.8 Å². The molecule has 0 radical (unpaired) electrons. The normalized spacial score (nSPS) is 18.0. The van der Waals surface area contributed by atoms with Crippen molar-refractivity contribution in [1.29, 1.82) is 0 Å². The second-order valence-corrected chi connectivity index (χ2v) is 6.21. The monoisotopic (exact) mass is 345 g/mol. The lowest BCUT2D eigenvalue weighted by molar-refractivity contribution is 0.0753. The van der Waals surface area contributed by atoms with E-state index in [0.717, 1.165) is 18.4 Å². The highest BCUT2D eigenvalue weighted by Gasteiger charge is 2.57. The molecule has 2 aromatic rings. The first-order valence-corrected chi connectivity index (χ1v) is 7.48. The number of fused-ring (bicyclic) bond motifs is 2. The zero-order valence-corrected chi connectivity index (χ0v) is 12.9. The molecule has 1 aliphatic heterocycles. The van der Waals surface area contributed by atoms with Crippen LogP contribution in [-0.2, 0) is 5.54 Å². The Hall–Kier alpha value is -1.95. The van der Waals surface area contributed by atoms with E-state index in [9.17, 15) is 4.79 Å². The third-order valence-electron chi connectivity index (χ3n) is 4.25. The van der Waals surface area contributed by atoms with Gasteiger partial charge in [0.25, 0.3) is 5.91 Å². The molecule has 1 aliphatic carbocycles. The maximum atomic E-state index is 12.5. The van der Waals surface area contributed by atoms with Gasteiger partial charge in [-0.15, -0.1) is 0 Å². The Morgan fingerprint density at radius 1 is 1.38 bits per heavy atom. The van der Waals surface area contributed by atoms with E-state index in [2.05, 4.69) is 25.9 Å². The van der Waals surface area contributed by atoms with Crippen molar-refractivity contribution in [2.45, 2.75) is 18.4 Å². The van der Waals surface area contributed by atoms with Crippen molar-refractivity contribution in [2.75, 3.05) is 7.05 Å². The summed E-state index contributed by atoms with van der Waals surface area (Å²) in [5.74, 6) is 0.974. The van der Waals surface area contributed by atoms with E-state index < -0.39 is 0 Å². The molecule has 2 heterocycles. The molecule has 6 heteroatoms. The van der Waals surface area contributed by atoms with Crippen LogP contribution in [0.5, 0.6) is 11.6 Å². The lowest BCUT2D eigenvalue weighted by atomic mass is 10.0. The largest absolute Gasteiger partial charge is 0.437 e. The highest BCUT2D eigenvalue weighted by Crippen LogP contribution is 2.57. The van der Waals surface area contributed by atoms with Crippen molar-refractivity contribution in [3.05, 3.63) is 46.3 Å². The number of amides is 1. The molecule has 21 heavy (non-hydrogen) atoms. The molecule has 1 amide bonds. The second kappa shape index (κ2) is 4.27. The molecule has 0 atom stereocenters. The van der Waals surface area contributed by atoms with Gasteiger partial charge in [0.1, 0.15) is 12.1 Å². The summed E-state index contributed by atoms with van der Waals surface area (Å²) in [5.41, 5.74) is 1.62. The number of benzene rings is 1. The fraction of sp³-hybridized carbons (Fsp3) is 0.267. The zero-order valence-electron chi connectivity index (χ0n) is 11.3. The maximum absolute atomic E-state index is 12.5. The minimum absolute atomic E-state index is 0.0169. The van der Waals surface area contributed by atoms with Crippen molar-refractivity contribution in [2.24, 2.45) is 0 Å². The lowest BCUT2D eigenvalue weighted by Gasteiger charge is -2.18. The molecule has 0 unspecified atom stereocenters. The van der Waals surface area contributed by atoms with Gasteiger partial charge in [0.2, 0.25) is 5.88 Å². The molecular formula is C15H12BrN3O2. The SMILES string of the molecule is CN1C(=O)c2c(Oc3ncncc3Br)cccc2C12CC2. The summed E-state index contributed by atoms with van der Waals surface area (Å²) >= 11 is 3.35. The Balaban J connectivity index is 1.81. The molecule has 1 aromatic heterocycles. The Morgan fingerprint density at radius 3 is 2.90 bits per heavy atom. The van der Waals surface area contributed by atoms with E-state index in [0.29, 0.717) is 21.7 Å². The van der Waals surface area contributed by atoms with Crippen LogP contribution >= 0.6 is 15.9 Å². The van der Waals surface area contributed by atoms with Crippen molar-refractivity contribution < 1.29 is 9.53 Å². The number of hydrogen-bond donors (Lipinski definition) is 0. The van der Waals surface area contributed by atoms with Gasteiger partial charge >= 0.3 is 0 Å². The maximum Gasteiger partial charge on any atom is 0.258 e. The predicted octanol–water partition coefficient (Wildman–Crippen LogP) is 3.11. The number of rotatable bonds is 2. The number of carbonyl (C=O) groups excluding carboxylic acids is 1. The van der Waals surface area contributed by atoms with E-state index in [4.69, 9.17) is 4.74 Å². The minimum atomic E-state index is -0.102. The van der Waals surface area contributed by atoms with Crippen LogP contribution in [0.2, 0.25) is 0 Å². The average Bonchev–Trinajstić information content (AvgIpc) is 3.26. The number of nitrogens with zero attached hydrogens (tertiary/aromatic N) is 3. The van der Waals surface area contributed by atoms with Crippen molar-refractivity contribution in [1.82, 2.24) is 14.9 Å². The summed E-state index contributed by atoms with van der Waals surface area (Å²) in [6.45, 7) is 0. The average molecular weight is 346 g/mol. The van der Waals surface area contributed by atoms with Gasteiger partial charge in [-0.1, -0.05) is 12.1 Å². The third kappa shape index (κ3) is 1.72. The Labute approximate surface area is 130 Å². The summed E-state index contributed by atoms with van der Waals surface area (Å²) in [7, 11) is 1.86. The van der Waals surface area contributed by atoms with E-state index in [1.165, 1.54) is 6.33 Å². The Bertz CT molecular complexity index is 758. The van der Waals surface area contributed by atoms with Gasteiger partial charge in [-0.2, -0.15) is 0 Å². The first-order valence-electron chi connectivity index (χ1n) is 6.68. The first kappa shape index (κ1) is 12.8. The van der Waals surface area contributed by atoms with Crippen LogP contribution in [0.25, 0.3) is 0 Å². The molecular weight excluding hydrogens is 334 g/mol. The van der Waals surface area contributed by atoms with Gasteiger partial charge in [0.05, 0.1) is 15.6 Å². The van der Waals surface area contributed by atoms with Gasteiger partial charge in [-0.05, 0) is 40.4 Å². The molecule has 4 rings (SSSR count). The summed E-state index contributed by atoms with van der Waals surface area (Å²) in [6.07, 6.45) is 5.06. The molecule has 2 aliphatic rings. The van der Waals surface area contributed by atoms with E-state index in [-0.39, 0.29) is 11.4 Å². The molecule has 5 nitrogen and oxygen atoms in total. The highest BCUT2D eigenvalue weighted by molar-refractivity contribution is 9.10. The van der Waals surface area contributed by atoms with Gasteiger partial charge in [-0.25, -0.2) is 9.97 Å². The Morgan fingerprint density at radius 2 is 2.19 bits per heavy atom. The number of hydrogen-bond acceptors (Lipinski definition) is 4. The number of carbonyl (C=O) groups is 1. The quantitative estimate of drug-likeness (QED) is 0.839. The molecule has 0 N–H and O–H groups in total. The van der Waals surface area contributed by atoms with Crippen molar-refractivity contribution in [3.8, 4) is 11.6 Å². The van der Waals surface area contributed by atoms with Gasteiger partial charge in [-0.3, -0.25) is 4.79 Å². The third-order valence-corrected chi connectivity index (χ3v) is 4.80. The number of halogens is 1. The summed E-state index contributed by atoms with van der Waals surface area (Å²) in [4.78, 5) is 22.4. The van der Waals surface area contributed by atoms with E-state index in [1.807, 2.05) is 24.1 Å². The van der Waals surface area contributed by atoms with Crippen LogP contribution in [0, 0.1) is 0 Å². The molecule has 1 aromatic carbocycles. The highest BCUT2D eigenvalue weighted by atomic mass is 79.9. The second-order valence-electron chi connectivity index (χ2n) is 5.35. The minimum Gasteiger partial charge on any atom is -0.437 e. The lowest BCUT2D eigenvalue weighted by Crippen LogP contribution is -2.28. The van der Waals surface area contributed by atoms with Gasteiger partial charge < -0.3 is 9.64 Å². The van der Waals surface area contributed by atoms with Crippen LogP contribution in [0.4, 0.5) is 0 Å². The van der Waals surface area contributed by atoms with E-state index >= 15 is 0 Å². The fourth-order valence-corrected chi connectivity index (χ4v) is 3.27. The summed E-state index contributed by atoms with van der Waals surface area (Å²) < 4.78 is 6.50. The smallest absolute Gasteiger partial charge is 0.258 e. The van der Waals surface area contributed by atoms with Crippen LogP contribution < -0.4 is 4.74 Å². The molecule has 1 saturated carbocycles. The molecule has 0 saturated heterocycles. The van der Waals surface area contributed by atoms with Gasteiger partial charge in [0.15, 0.2) is 0 Å². The standard InChI is InChI=1S/C15H12BrN3O2/c1-19-14(20)12-9(15(19)5-6-15)3-2-4-11(12)21-13-10(16)7-17-8-18-13/h2-4,7-8H,5-6H2,1H3. The molecule has 0 bridgehead atoms.